The van der Waals surface area contributed by atoms with Crippen LogP contribution in [-0.2, 0) is 26.0 Å². The fourth-order valence-electron chi connectivity index (χ4n) is 4.36. The normalized spacial score (nSPS) is 18.8. The average molecular weight is 555 g/mol. The van der Waals surface area contributed by atoms with Crippen molar-refractivity contribution in [3.8, 4) is 0 Å². The van der Waals surface area contributed by atoms with Crippen LogP contribution in [0.2, 0.25) is 5.02 Å². The summed E-state index contributed by atoms with van der Waals surface area (Å²) in [5.41, 5.74) is 2.17. The Hall–Kier alpha value is -1.94. The number of nitrogens with one attached hydrogen (secondary N) is 1. The monoisotopic (exact) mass is 553 g/mol. The molecule has 2 heterocycles. The minimum Gasteiger partial charge on any atom is -0.326 e. The van der Waals surface area contributed by atoms with Crippen molar-refractivity contribution in [3.63, 3.8) is 0 Å². The van der Waals surface area contributed by atoms with Crippen LogP contribution >= 0.6 is 27.5 Å². The molecule has 2 aromatic rings. The number of anilines is 2. The Morgan fingerprint density at radius 1 is 1.21 bits per heavy atom. The predicted molar refractivity (Wildman–Crippen MR) is 132 cm³/mol. The van der Waals surface area contributed by atoms with E-state index in [9.17, 15) is 18.0 Å². The number of hydrogen-bond acceptors (Lipinski definition) is 4. The Bertz CT molecular complexity index is 1200. The lowest BCUT2D eigenvalue weighted by Gasteiger charge is -2.31. The Labute approximate surface area is 207 Å². The number of hydrogen-bond donors (Lipinski definition) is 1. The highest BCUT2D eigenvalue weighted by Gasteiger charge is 2.36. The van der Waals surface area contributed by atoms with E-state index in [1.165, 1.54) is 4.31 Å². The number of piperidine rings is 1. The first-order chi connectivity index (χ1) is 15.7. The molecule has 2 amide bonds. The van der Waals surface area contributed by atoms with Gasteiger partial charge < -0.3 is 10.2 Å². The number of carbonyl (C=O) groups is 2. The molecule has 10 heteroatoms. The third kappa shape index (κ3) is 4.96. The third-order valence-electron chi connectivity index (χ3n) is 6.10. The molecule has 0 unspecified atom stereocenters. The topological polar surface area (TPSA) is 86.8 Å². The molecule has 2 aliphatic rings. The van der Waals surface area contributed by atoms with Crippen LogP contribution in [0.4, 0.5) is 11.4 Å². The molecule has 1 atom stereocenters. The van der Waals surface area contributed by atoms with Gasteiger partial charge in [-0.25, -0.2) is 8.42 Å². The molecule has 2 aromatic carbocycles. The van der Waals surface area contributed by atoms with E-state index in [0.29, 0.717) is 59.6 Å². The molecule has 0 radical (unpaired) electrons. The molecule has 0 bridgehead atoms. The molecule has 176 valence electrons. The van der Waals surface area contributed by atoms with Crippen molar-refractivity contribution in [1.29, 1.82) is 0 Å². The van der Waals surface area contributed by atoms with Crippen molar-refractivity contribution in [3.05, 3.63) is 51.5 Å². The highest BCUT2D eigenvalue weighted by Crippen LogP contribution is 2.37. The lowest BCUT2D eigenvalue weighted by atomic mass is 9.99. The van der Waals surface area contributed by atoms with Crippen LogP contribution < -0.4 is 10.2 Å². The zero-order chi connectivity index (χ0) is 23.8. The molecule has 7 nitrogen and oxygen atoms in total. The van der Waals surface area contributed by atoms with Gasteiger partial charge in [-0.3, -0.25) is 9.59 Å². The van der Waals surface area contributed by atoms with E-state index in [4.69, 9.17) is 11.6 Å². The molecule has 1 N–H and O–H groups in total. The number of amides is 2. The summed E-state index contributed by atoms with van der Waals surface area (Å²) in [4.78, 5) is 26.9. The first-order valence-electron chi connectivity index (χ1n) is 10.9. The first-order valence-corrected chi connectivity index (χ1v) is 13.5. The first kappa shape index (κ1) is 24.2. The second-order valence-electron chi connectivity index (χ2n) is 8.26. The van der Waals surface area contributed by atoms with Crippen LogP contribution in [0.25, 0.3) is 0 Å². The largest absolute Gasteiger partial charge is 0.326 e. The van der Waals surface area contributed by atoms with Crippen molar-refractivity contribution >= 4 is 60.7 Å². The lowest BCUT2D eigenvalue weighted by molar-refractivity contribution is -0.121. The highest BCUT2D eigenvalue weighted by molar-refractivity contribution is 9.10. The number of rotatable bonds is 5. The SMILES string of the molecule is CCC(=O)N1CCc2cc(Br)c(S(=O)(=O)N3CCC[C@H](C(=O)Nc4cccc(Cl)c4)C3)cc21. The van der Waals surface area contributed by atoms with E-state index in [-0.39, 0.29) is 23.3 Å². The summed E-state index contributed by atoms with van der Waals surface area (Å²) in [7, 11) is -3.87. The van der Waals surface area contributed by atoms with Gasteiger partial charge in [0.05, 0.1) is 10.8 Å². The Morgan fingerprint density at radius 3 is 2.73 bits per heavy atom. The fraction of sp³-hybridized carbons (Fsp3) is 0.391. The maximum atomic E-state index is 13.6. The molecule has 1 fully saturated rings. The Kier molecular flexibility index (Phi) is 7.14. The van der Waals surface area contributed by atoms with Gasteiger partial charge in [0.15, 0.2) is 0 Å². The number of carbonyl (C=O) groups excluding carboxylic acids is 2. The predicted octanol–water partition coefficient (Wildman–Crippen LogP) is 4.44. The van der Waals surface area contributed by atoms with Gasteiger partial charge in [0, 0.05) is 46.9 Å². The Balaban J connectivity index is 1.56. The number of sulfonamides is 1. The number of halogens is 2. The molecular weight excluding hydrogens is 530 g/mol. The van der Waals surface area contributed by atoms with E-state index in [1.54, 1.807) is 48.2 Å². The number of nitrogens with zero attached hydrogens (tertiary/aromatic N) is 2. The van der Waals surface area contributed by atoms with Crippen LogP contribution in [0.3, 0.4) is 0 Å². The van der Waals surface area contributed by atoms with Gasteiger partial charge in [-0.05, 0) is 71.1 Å². The molecule has 2 aliphatic heterocycles. The lowest BCUT2D eigenvalue weighted by Crippen LogP contribution is -2.43. The highest BCUT2D eigenvalue weighted by atomic mass is 79.9. The fourth-order valence-corrected chi connectivity index (χ4v) is 7.14. The maximum Gasteiger partial charge on any atom is 0.244 e. The molecule has 33 heavy (non-hydrogen) atoms. The van der Waals surface area contributed by atoms with Crippen molar-refractivity contribution in [2.45, 2.75) is 37.5 Å². The van der Waals surface area contributed by atoms with Gasteiger partial charge in [-0.15, -0.1) is 0 Å². The second-order valence-corrected chi connectivity index (χ2v) is 11.5. The van der Waals surface area contributed by atoms with E-state index in [1.807, 2.05) is 0 Å². The van der Waals surface area contributed by atoms with Crippen molar-refractivity contribution in [2.24, 2.45) is 5.92 Å². The summed E-state index contributed by atoms with van der Waals surface area (Å²) in [6.45, 7) is 2.77. The number of benzene rings is 2. The summed E-state index contributed by atoms with van der Waals surface area (Å²) in [6, 6.07) is 10.2. The maximum absolute atomic E-state index is 13.6. The zero-order valence-corrected chi connectivity index (χ0v) is 21.3. The van der Waals surface area contributed by atoms with Gasteiger partial charge in [-0.1, -0.05) is 24.6 Å². The molecular formula is C23H25BrClN3O4S. The quantitative estimate of drug-likeness (QED) is 0.592. The van der Waals surface area contributed by atoms with Crippen LogP contribution in [0.1, 0.15) is 31.7 Å². The van der Waals surface area contributed by atoms with Crippen LogP contribution in [0, 0.1) is 5.92 Å². The summed E-state index contributed by atoms with van der Waals surface area (Å²) in [5.74, 6) is -0.737. The molecule has 0 aliphatic carbocycles. The van der Waals surface area contributed by atoms with Crippen LogP contribution in [-0.4, -0.2) is 44.2 Å². The van der Waals surface area contributed by atoms with Crippen LogP contribution in [0.5, 0.6) is 0 Å². The minimum atomic E-state index is -3.87. The molecule has 1 saturated heterocycles. The van der Waals surface area contributed by atoms with Crippen molar-refractivity contribution < 1.29 is 18.0 Å². The third-order valence-corrected chi connectivity index (χ3v) is 9.16. The second kappa shape index (κ2) is 9.74. The standard InChI is InChI=1S/C23H25BrClN3O4S/c1-2-22(29)28-10-8-15-11-19(24)21(13-20(15)28)33(31,32)27-9-4-5-16(14-27)23(30)26-18-7-3-6-17(25)12-18/h3,6-7,11-13,16H,2,4-5,8-10,14H2,1H3,(H,26,30)/t16-/m0/s1. The summed E-state index contributed by atoms with van der Waals surface area (Å²) in [5, 5.41) is 3.35. The molecule has 0 spiro atoms. The summed E-state index contributed by atoms with van der Waals surface area (Å²) >= 11 is 9.41. The van der Waals surface area contributed by atoms with E-state index >= 15 is 0 Å². The molecule has 0 aromatic heterocycles. The molecule has 4 rings (SSSR count). The van der Waals surface area contributed by atoms with Crippen LogP contribution in [0.15, 0.2) is 45.8 Å². The van der Waals surface area contributed by atoms with Gasteiger partial charge in [0.2, 0.25) is 21.8 Å². The van der Waals surface area contributed by atoms with E-state index < -0.39 is 15.9 Å². The van der Waals surface area contributed by atoms with Gasteiger partial charge in [0.1, 0.15) is 0 Å². The molecule has 0 saturated carbocycles. The Morgan fingerprint density at radius 2 is 2.00 bits per heavy atom. The van der Waals surface area contributed by atoms with Gasteiger partial charge in [0.25, 0.3) is 0 Å². The zero-order valence-electron chi connectivity index (χ0n) is 18.2. The van der Waals surface area contributed by atoms with Gasteiger partial charge >= 0.3 is 0 Å². The summed E-state index contributed by atoms with van der Waals surface area (Å²) in [6.07, 6.45) is 2.22. The van der Waals surface area contributed by atoms with E-state index in [0.717, 1.165) is 5.56 Å². The minimum absolute atomic E-state index is 0.0323. The van der Waals surface area contributed by atoms with Crippen molar-refractivity contribution in [1.82, 2.24) is 4.31 Å². The van der Waals surface area contributed by atoms with Gasteiger partial charge in [-0.2, -0.15) is 4.31 Å². The van der Waals surface area contributed by atoms with E-state index in [2.05, 4.69) is 21.2 Å². The number of fused-ring (bicyclic) bond motifs is 1. The smallest absolute Gasteiger partial charge is 0.244 e. The average Bonchev–Trinajstić information content (AvgIpc) is 3.20. The summed E-state index contributed by atoms with van der Waals surface area (Å²) < 4.78 is 29.0. The van der Waals surface area contributed by atoms with Crippen molar-refractivity contribution in [2.75, 3.05) is 29.9 Å².